The zero-order chi connectivity index (χ0) is 14.6. The molecule has 0 saturated heterocycles. The molecule has 0 spiro atoms. The van der Waals surface area contributed by atoms with Crippen LogP contribution in [0.3, 0.4) is 0 Å². The highest BCUT2D eigenvalue weighted by Crippen LogP contribution is 2.32. The molecule has 0 aromatic rings. The molecule has 1 unspecified atom stereocenters. The average molecular weight is 292 g/mol. The molecule has 116 valence electrons. The summed E-state index contributed by atoms with van der Waals surface area (Å²) in [5.41, 5.74) is 0. The van der Waals surface area contributed by atoms with E-state index in [4.69, 9.17) is 14.2 Å². The van der Waals surface area contributed by atoms with Crippen LogP contribution in [0, 0.1) is 5.92 Å². The van der Waals surface area contributed by atoms with E-state index in [1.54, 1.807) is 21.3 Å². The molecule has 0 aliphatic heterocycles. The lowest BCUT2D eigenvalue weighted by atomic mass is 9.93. The van der Waals surface area contributed by atoms with E-state index in [-0.39, 0.29) is 5.92 Å². The third kappa shape index (κ3) is 6.98. The number of hydrogen-bond donors (Lipinski definition) is 1. The molecule has 3 nitrogen and oxygen atoms in total. The van der Waals surface area contributed by atoms with Crippen molar-refractivity contribution in [2.45, 2.75) is 64.3 Å². The zero-order valence-corrected chi connectivity index (χ0v) is 14.0. The van der Waals surface area contributed by atoms with Crippen LogP contribution < -0.4 is 0 Å². The Morgan fingerprint density at radius 3 is 1.84 bits per heavy atom. The Balaban J connectivity index is 4.34. The molecule has 0 fully saturated rings. The Morgan fingerprint density at radius 2 is 1.37 bits per heavy atom. The quantitative estimate of drug-likeness (QED) is 0.312. The Bertz CT molecular complexity index is 188. The lowest BCUT2D eigenvalue weighted by Gasteiger charge is -2.36. The van der Waals surface area contributed by atoms with E-state index >= 15 is 0 Å². The van der Waals surface area contributed by atoms with Gasteiger partial charge in [0.25, 0.3) is 5.97 Å². The van der Waals surface area contributed by atoms with Crippen LogP contribution in [-0.4, -0.2) is 33.1 Å². The van der Waals surface area contributed by atoms with Gasteiger partial charge in [-0.25, -0.2) is 0 Å². The fourth-order valence-corrected chi connectivity index (χ4v) is 2.76. The molecule has 0 aliphatic carbocycles. The molecule has 0 rings (SSSR count). The van der Waals surface area contributed by atoms with Crippen LogP contribution >= 0.6 is 12.6 Å². The molecule has 0 aliphatic rings. The van der Waals surface area contributed by atoms with Crippen LogP contribution in [-0.2, 0) is 14.2 Å². The predicted octanol–water partition coefficient (Wildman–Crippen LogP) is 4.27. The van der Waals surface area contributed by atoms with Gasteiger partial charge in [-0.3, -0.25) is 0 Å². The Kier molecular flexibility index (Phi) is 12.2. The fraction of sp³-hybridized carbons (Fsp3) is 1.00. The summed E-state index contributed by atoms with van der Waals surface area (Å²) in [6.45, 7) is 2.24. The first-order valence-electron chi connectivity index (χ1n) is 7.47. The fourth-order valence-electron chi connectivity index (χ4n) is 2.58. The van der Waals surface area contributed by atoms with E-state index in [2.05, 4.69) is 19.6 Å². The van der Waals surface area contributed by atoms with Crippen LogP contribution in [0.2, 0.25) is 0 Å². The van der Waals surface area contributed by atoms with Crippen LogP contribution in [0.1, 0.15) is 58.3 Å². The van der Waals surface area contributed by atoms with Gasteiger partial charge in [0.2, 0.25) is 0 Å². The maximum Gasteiger partial charge on any atom is 0.285 e. The molecule has 19 heavy (non-hydrogen) atoms. The molecule has 0 aromatic carbocycles. The number of hydrogen-bond acceptors (Lipinski definition) is 4. The van der Waals surface area contributed by atoms with Crippen molar-refractivity contribution in [1.29, 1.82) is 0 Å². The third-order valence-corrected chi connectivity index (χ3v) is 4.04. The second kappa shape index (κ2) is 12.0. The predicted molar refractivity (Wildman–Crippen MR) is 83.7 cm³/mol. The van der Waals surface area contributed by atoms with Crippen molar-refractivity contribution in [2.24, 2.45) is 5.92 Å². The van der Waals surface area contributed by atoms with Crippen molar-refractivity contribution in [3.63, 3.8) is 0 Å². The number of methoxy groups -OCH3 is 3. The monoisotopic (exact) mass is 292 g/mol. The summed E-state index contributed by atoms with van der Waals surface area (Å²) in [5.74, 6) is 0.258. The lowest BCUT2D eigenvalue weighted by Crippen LogP contribution is -2.44. The summed E-state index contributed by atoms with van der Waals surface area (Å²) in [5, 5.41) is 0. The molecule has 0 amide bonds. The first kappa shape index (κ1) is 19.2. The number of ether oxygens (including phenoxy) is 3. The van der Waals surface area contributed by atoms with Crippen molar-refractivity contribution < 1.29 is 14.2 Å². The summed E-state index contributed by atoms with van der Waals surface area (Å²) in [4.78, 5) is 0. The Labute approximate surface area is 124 Å². The van der Waals surface area contributed by atoms with Gasteiger partial charge in [-0.15, -0.1) is 0 Å². The second-order valence-electron chi connectivity index (χ2n) is 4.98. The summed E-state index contributed by atoms with van der Waals surface area (Å²) >= 11 is 4.29. The number of unbranched alkanes of at least 4 members (excludes halogenated alkanes) is 4. The Morgan fingerprint density at radius 1 is 0.842 bits per heavy atom. The number of thiol groups is 1. The van der Waals surface area contributed by atoms with Gasteiger partial charge in [0.15, 0.2) is 0 Å². The second-order valence-corrected chi connectivity index (χ2v) is 5.43. The van der Waals surface area contributed by atoms with E-state index < -0.39 is 5.97 Å². The molecule has 4 heteroatoms. The van der Waals surface area contributed by atoms with Crippen molar-refractivity contribution in [3.05, 3.63) is 0 Å². The Hall–Kier alpha value is 0.230. The topological polar surface area (TPSA) is 27.7 Å². The molecule has 0 saturated carbocycles. The smallest absolute Gasteiger partial charge is 0.285 e. The molecular weight excluding hydrogens is 260 g/mol. The van der Waals surface area contributed by atoms with Gasteiger partial charge in [-0.05, 0) is 25.0 Å². The van der Waals surface area contributed by atoms with Crippen molar-refractivity contribution in [3.8, 4) is 0 Å². The van der Waals surface area contributed by atoms with Crippen LogP contribution in [0.15, 0.2) is 0 Å². The SMILES string of the molecule is CCCCCCCC(CCCS)C(OC)(OC)OC. The maximum atomic E-state index is 5.50. The van der Waals surface area contributed by atoms with Crippen LogP contribution in [0.4, 0.5) is 0 Å². The van der Waals surface area contributed by atoms with Gasteiger partial charge < -0.3 is 14.2 Å². The van der Waals surface area contributed by atoms with Crippen molar-refractivity contribution in [1.82, 2.24) is 0 Å². The van der Waals surface area contributed by atoms with Gasteiger partial charge in [0.1, 0.15) is 0 Å². The largest absolute Gasteiger partial charge is 0.331 e. The zero-order valence-electron chi connectivity index (χ0n) is 13.1. The van der Waals surface area contributed by atoms with E-state index in [1.807, 2.05) is 0 Å². The van der Waals surface area contributed by atoms with Crippen LogP contribution in [0.5, 0.6) is 0 Å². The summed E-state index contributed by atoms with van der Waals surface area (Å²) < 4.78 is 16.5. The molecule has 0 bridgehead atoms. The van der Waals surface area contributed by atoms with E-state index in [1.165, 1.54) is 32.1 Å². The van der Waals surface area contributed by atoms with Crippen LogP contribution in [0.25, 0.3) is 0 Å². The normalized spacial score (nSPS) is 13.7. The van der Waals surface area contributed by atoms with Crippen molar-refractivity contribution >= 4 is 12.6 Å². The highest BCUT2D eigenvalue weighted by molar-refractivity contribution is 7.80. The van der Waals surface area contributed by atoms with Gasteiger partial charge in [0, 0.05) is 27.2 Å². The highest BCUT2D eigenvalue weighted by Gasteiger charge is 2.39. The highest BCUT2D eigenvalue weighted by atomic mass is 32.1. The third-order valence-electron chi connectivity index (χ3n) is 3.72. The van der Waals surface area contributed by atoms with Gasteiger partial charge in [-0.1, -0.05) is 39.0 Å². The van der Waals surface area contributed by atoms with Crippen molar-refractivity contribution in [2.75, 3.05) is 27.1 Å². The molecule has 1 atom stereocenters. The molecule has 0 heterocycles. The molecule has 0 N–H and O–H groups in total. The summed E-state index contributed by atoms with van der Waals surface area (Å²) in [7, 11) is 4.95. The summed E-state index contributed by atoms with van der Waals surface area (Å²) in [6, 6.07) is 0. The average Bonchev–Trinajstić information content (AvgIpc) is 2.45. The standard InChI is InChI=1S/C15H32O3S/c1-5-6-7-8-9-11-14(12-10-13-19)15(16-2,17-3)18-4/h14,19H,5-13H2,1-4H3. The molecule has 0 radical (unpaired) electrons. The van der Waals surface area contributed by atoms with E-state index in [9.17, 15) is 0 Å². The van der Waals surface area contributed by atoms with E-state index in [0.717, 1.165) is 25.0 Å². The summed E-state index contributed by atoms with van der Waals surface area (Å²) in [6.07, 6.45) is 9.55. The molecular formula is C15H32O3S. The number of rotatable bonds is 13. The van der Waals surface area contributed by atoms with E-state index in [0.29, 0.717) is 0 Å². The minimum absolute atomic E-state index is 0.265. The first-order valence-corrected chi connectivity index (χ1v) is 8.10. The van der Waals surface area contributed by atoms with Gasteiger partial charge in [-0.2, -0.15) is 12.6 Å². The maximum absolute atomic E-state index is 5.50. The lowest BCUT2D eigenvalue weighted by molar-refractivity contribution is -0.380. The van der Waals surface area contributed by atoms with Gasteiger partial charge >= 0.3 is 0 Å². The molecule has 0 aromatic heterocycles. The first-order chi connectivity index (χ1) is 9.20. The minimum Gasteiger partial charge on any atom is -0.331 e. The minimum atomic E-state index is -0.895. The van der Waals surface area contributed by atoms with Gasteiger partial charge in [0.05, 0.1) is 0 Å².